The Labute approximate surface area is 73.7 Å². The van der Waals surface area contributed by atoms with Crippen LogP contribution in [-0.2, 0) is 4.74 Å². The molecule has 12 heavy (non-hydrogen) atoms. The second-order valence-electron chi connectivity index (χ2n) is 2.65. The minimum atomic E-state index is 0.932. The van der Waals surface area contributed by atoms with Crippen LogP contribution in [0, 0.1) is 0 Å². The predicted octanol–water partition coefficient (Wildman–Crippen LogP) is 2.98. The lowest BCUT2D eigenvalue weighted by Crippen LogP contribution is -1.79. The van der Waals surface area contributed by atoms with Crippen LogP contribution in [0.1, 0.15) is 12.8 Å². The molecule has 0 atom stereocenters. The molecule has 64 valence electrons. The minimum absolute atomic E-state index is 0.932. The zero-order valence-corrected chi connectivity index (χ0v) is 7.42. The van der Waals surface area contributed by atoms with E-state index in [0.29, 0.717) is 0 Å². The van der Waals surface area contributed by atoms with Crippen molar-refractivity contribution in [3.05, 3.63) is 48.3 Å². The first-order valence-corrected chi connectivity index (χ1v) is 4.09. The van der Waals surface area contributed by atoms with Gasteiger partial charge in [-0.05, 0) is 30.6 Å². The third kappa shape index (κ3) is 2.42. The zero-order chi connectivity index (χ0) is 8.81. The summed E-state index contributed by atoms with van der Waals surface area (Å²) in [6.07, 6.45) is 12.1. The van der Waals surface area contributed by atoms with Crippen LogP contribution in [0.4, 0.5) is 0 Å². The monoisotopic (exact) mass is 162 g/mol. The standard InChI is InChI=1S/C11H14O/c1-3-5-10-6-4-7-11(12-2)9-8-10/h3,6-9H,1,4-5H2,2H3. The van der Waals surface area contributed by atoms with Gasteiger partial charge in [-0.15, -0.1) is 6.58 Å². The predicted molar refractivity (Wildman–Crippen MR) is 51.7 cm³/mol. The van der Waals surface area contributed by atoms with Crippen LogP contribution in [0.15, 0.2) is 48.3 Å². The molecular formula is C11H14O. The van der Waals surface area contributed by atoms with Gasteiger partial charge in [0.15, 0.2) is 0 Å². The van der Waals surface area contributed by atoms with Gasteiger partial charge in [-0.25, -0.2) is 0 Å². The van der Waals surface area contributed by atoms with Crippen molar-refractivity contribution in [2.75, 3.05) is 7.11 Å². The number of ether oxygens (including phenoxy) is 1. The van der Waals surface area contributed by atoms with Crippen LogP contribution < -0.4 is 0 Å². The minimum Gasteiger partial charge on any atom is -0.497 e. The Morgan fingerprint density at radius 3 is 3.00 bits per heavy atom. The average molecular weight is 162 g/mol. The van der Waals surface area contributed by atoms with E-state index >= 15 is 0 Å². The normalized spacial score (nSPS) is 16.1. The van der Waals surface area contributed by atoms with Gasteiger partial charge in [-0.1, -0.05) is 18.2 Å². The van der Waals surface area contributed by atoms with E-state index in [1.54, 1.807) is 7.11 Å². The van der Waals surface area contributed by atoms with E-state index in [1.165, 1.54) is 5.57 Å². The van der Waals surface area contributed by atoms with Crippen molar-refractivity contribution < 1.29 is 4.74 Å². The van der Waals surface area contributed by atoms with Gasteiger partial charge in [-0.3, -0.25) is 0 Å². The Morgan fingerprint density at radius 2 is 2.33 bits per heavy atom. The van der Waals surface area contributed by atoms with Crippen molar-refractivity contribution in [3.63, 3.8) is 0 Å². The van der Waals surface area contributed by atoms with Crippen molar-refractivity contribution >= 4 is 0 Å². The maximum atomic E-state index is 5.11. The molecular weight excluding hydrogens is 148 g/mol. The quantitative estimate of drug-likeness (QED) is 0.580. The molecule has 0 amide bonds. The van der Waals surface area contributed by atoms with E-state index in [2.05, 4.69) is 24.8 Å². The summed E-state index contributed by atoms with van der Waals surface area (Å²) in [5.41, 5.74) is 1.30. The molecule has 0 spiro atoms. The number of allylic oxidation sites excluding steroid dienone is 6. The number of rotatable bonds is 3. The molecule has 0 aromatic heterocycles. The van der Waals surface area contributed by atoms with Crippen LogP contribution in [0.25, 0.3) is 0 Å². The Balaban J connectivity index is 2.63. The molecule has 0 N–H and O–H groups in total. The van der Waals surface area contributed by atoms with E-state index < -0.39 is 0 Å². The summed E-state index contributed by atoms with van der Waals surface area (Å²) in [6.45, 7) is 3.70. The van der Waals surface area contributed by atoms with Crippen molar-refractivity contribution in [2.24, 2.45) is 0 Å². The average Bonchev–Trinajstić information content (AvgIpc) is 2.31. The highest BCUT2D eigenvalue weighted by Crippen LogP contribution is 2.13. The lowest BCUT2D eigenvalue weighted by atomic mass is 10.1. The van der Waals surface area contributed by atoms with E-state index in [9.17, 15) is 0 Å². The van der Waals surface area contributed by atoms with Crippen molar-refractivity contribution in [3.8, 4) is 0 Å². The molecule has 0 heterocycles. The molecule has 0 bridgehead atoms. The molecule has 1 aliphatic rings. The van der Waals surface area contributed by atoms with Crippen LogP contribution >= 0.6 is 0 Å². The largest absolute Gasteiger partial charge is 0.497 e. The van der Waals surface area contributed by atoms with Gasteiger partial charge in [0, 0.05) is 0 Å². The fourth-order valence-corrected chi connectivity index (χ4v) is 1.12. The van der Waals surface area contributed by atoms with Gasteiger partial charge in [0.05, 0.1) is 7.11 Å². The highest BCUT2D eigenvalue weighted by molar-refractivity contribution is 5.30. The summed E-state index contributed by atoms with van der Waals surface area (Å²) < 4.78 is 5.11. The molecule has 0 saturated carbocycles. The van der Waals surface area contributed by atoms with Gasteiger partial charge < -0.3 is 4.74 Å². The molecule has 1 rings (SSSR count). The van der Waals surface area contributed by atoms with Gasteiger partial charge in [-0.2, -0.15) is 0 Å². The highest BCUT2D eigenvalue weighted by atomic mass is 16.5. The SMILES string of the molecule is C=CCC1=CCC=C(OC)C=C1. The Kier molecular flexibility index (Phi) is 3.39. The number of hydrogen-bond acceptors (Lipinski definition) is 1. The first kappa shape index (κ1) is 8.85. The van der Waals surface area contributed by atoms with E-state index in [-0.39, 0.29) is 0 Å². The molecule has 1 nitrogen and oxygen atoms in total. The topological polar surface area (TPSA) is 9.23 Å². The van der Waals surface area contributed by atoms with Crippen LogP contribution in [0.2, 0.25) is 0 Å². The van der Waals surface area contributed by atoms with Gasteiger partial charge in [0.1, 0.15) is 5.76 Å². The van der Waals surface area contributed by atoms with Gasteiger partial charge >= 0.3 is 0 Å². The fourth-order valence-electron chi connectivity index (χ4n) is 1.12. The molecule has 1 aliphatic carbocycles. The third-order valence-electron chi connectivity index (χ3n) is 1.78. The molecule has 0 saturated heterocycles. The third-order valence-corrected chi connectivity index (χ3v) is 1.78. The second kappa shape index (κ2) is 4.60. The Morgan fingerprint density at radius 1 is 1.50 bits per heavy atom. The summed E-state index contributed by atoms with van der Waals surface area (Å²) in [4.78, 5) is 0. The van der Waals surface area contributed by atoms with Gasteiger partial charge in [0.25, 0.3) is 0 Å². The maximum Gasteiger partial charge on any atom is 0.115 e. The summed E-state index contributed by atoms with van der Waals surface area (Å²) >= 11 is 0. The lowest BCUT2D eigenvalue weighted by Gasteiger charge is -1.96. The molecule has 0 aromatic carbocycles. The maximum absolute atomic E-state index is 5.11. The second-order valence-corrected chi connectivity index (χ2v) is 2.65. The molecule has 0 fully saturated rings. The first-order chi connectivity index (χ1) is 5.86. The Hall–Kier alpha value is -1.24. The number of hydrogen-bond donors (Lipinski definition) is 0. The molecule has 0 aliphatic heterocycles. The lowest BCUT2D eigenvalue weighted by molar-refractivity contribution is 0.306. The fraction of sp³-hybridized carbons (Fsp3) is 0.273. The molecule has 0 radical (unpaired) electrons. The molecule has 0 aromatic rings. The highest BCUT2D eigenvalue weighted by Gasteiger charge is 1.95. The number of methoxy groups -OCH3 is 1. The summed E-state index contributed by atoms with van der Waals surface area (Å²) in [5, 5.41) is 0. The first-order valence-electron chi connectivity index (χ1n) is 4.09. The summed E-state index contributed by atoms with van der Waals surface area (Å²) in [7, 11) is 1.69. The van der Waals surface area contributed by atoms with Crippen LogP contribution in [0.3, 0.4) is 0 Å². The van der Waals surface area contributed by atoms with Crippen LogP contribution in [-0.4, -0.2) is 7.11 Å². The molecule has 1 heteroatoms. The zero-order valence-electron chi connectivity index (χ0n) is 7.42. The van der Waals surface area contributed by atoms with Crippen molar-refractivity contribution in [1.29, 1.82) is 0 Å². The van der Waals surface area contributed by atoms with E-state index in [4.69, 9.17) is 4.74 Å². The Bertz CT molecular complexity index is 244. The summed E-state index contributed by atoms with van der Waals surface area (Å²) in [5.74, 6) is 0.935. The van der Waals surface area contributed by atoms with E-state index in [1.807, 2.05) is 12.2 Å². The van der Waals surface area contributed by atoms with Gasteiger partial charge in [0.2, 0.25) is 0 Å². The van der Waals surface area contributed by atoms with Crippen molar-refractivity contribution in [2.45, 2.75) is 12.8 Å². The van der Waals surface area contributed by atoms with Crippen LogP contribution in [0.5, 0.6) is 0 Å². The van der Waals surface area contributed by atoms with E-state index in [0.717, 1.165) is 18.6 Å². The van der Waals surface area contributed by atoms with Crippen molar-refractivity contribution in [1.82, 2.24) is 0 Å². The summed E-state index contributed by atoms with van der Waals surface area (Å²) in [6, 6.07) is 0. The smallest absolute Gasteiger partial charge is 0.115 e. The molecule has 0 unspecified atom stereocenters.